The van der Waals surface area contributed by atoms with E-state index >= 15 is 0 Å². The molecule has 0 saturated carbocycles. The molecule has 0 heterocycles. The van der Waals surface area contributed by atoms with Crippen molar-refractivity contribution in [1.82, 2.24) is 0 Å². The van der Waals surface area contributed by atoms with Crippen LogP contribution in [0.5, 0.6) is 5.75 Å². The van der Waals surface area contributed by atoms with E-state index in [1.807, 2.05) is 32.0 Å². The van der Waals surface area contributed by atoms with Crippen molar-refractivity contribution in [2.75, 3.05) is 5.32 Å². The molecule has 0 aromatic heterocycles. The highest BCUT2D eigenvalue weighted by molar-refractivity contribution is 5.94. The number of carbonyl (C=O) groups is 1. The van der Waals surface area contributed by atoms with E-state index in [9.17, 15) is 9.18 Å². The first-order chi connectivity index (χ1) is 9.95. The Morgan fingerprint density at radius 3 is 2.43 bits per heavy atom. The molecule has 1 N–H and O–H groups in total. The van der Waals surface area contributed by atoms with E-state index in [1.54, 1.807) is 6.92 Å². The maximum Gasteiger partial charge on any atom is 0.265 e. The molecule has 0 saturated heterocycles. The summed E-state index contributed by atoms with van der Waals surface area (Å²) in [6, 6.07) is 11.4. The molecule has 21 heavy (non-hydrogen) atoms. The lowest BCUT2D eigenvalue weighted by Crippen LogP contribution is -2.30. The Kier molecular flexibility index (Phi) is 4.58. The molecule has 0 bridgehead atoms. The number of nitrogens with one attached hydrogen (secondary N) is 1. The number of aryl methyl sites for hydroxylation is 2. The summed E-state index contributed by atoms with van der Waals surface area (Å²) in [4.78, 5) is 12.1. The minimum atomic E-state index is -0.642. The molecule has 1 unspecified atom stereocenters. The van der Waals surface area contributed by atoms with Crippen molar-refractivity contribution in [3.63, 3.8) is 0 Å². The van der Waals surface area contributed by atoms with Crippen molar-refractivity contribution in [1.29, 1.82) is 0 Å². The third kappa shape index (κ3) is 4.05. The van der Waals surface area contributed by atoms with Crippen molar-refractivity contribution in [2.45, 2.75) is 26.9 Å². The van der Waals surface area contributed by atoms with Crippen LogP contribution < -0.4 is 10.1 Å². The van der Waals surface area contributed by atoms with Crippen LogP contribution in [-0.4, -0.2) is 12.0 Å². The summed E-state index contributed by atoms with van der Waals surface area (Å²) >= 11 is 0. The minimum Gasteiger partial charge on any atom is -0.481 e. The number of rotatable bonds is 4. The van der Waals surface area contributed by atoms with Crippen LogP contribution in [0.1, 0.15) is 18.1 Å². The smallest absolute Gasteiger partial charge is 0.265 e. The zero-order valence-electron chi connectivity index (χ0n) is 12.3. The Morgan fingerprint density at radius 1 is 1.14 bits per heavy atom. The van der Waals surface area contributed by atoms with Gasteiger partial charge in [0.15, 0.2) is 6.10 Å². The van der Waals surface area contributed by atoms with Gasteiger partial charge in [0.25, 0.3) is 5.91 Å². The van der Waals surface area contributed by atoms with Gasteiger partial charge in [-0.2, -0.15) is 0 Å². The normalized spacial score (nSPS) is 11.8. The first kappa shape index (κ1) is 15.0. The molecule has 3 nitrogen and oxygen atoms in total. The zero-order chi connectivity index (χ0) is 15.4. The number of ether oxygens (including phenoxy) is 1. The van der Waals surface area contributed by atoms with E-state index < -0.39 is 6.10 Å². The Labute approximate surface area is 123 Å². The summed E-state index contributed by atoms with van der Waals surface area (Å²) in [5.74, 6) is 0.0662. The van der Waals surface area contributed by atoms with Gasteiger partial charge >= 0.3 is 0 Å². The summed E-state index contributed by atoms with van der Waals surface area (Å²) in [5.41, 5.74) is 2.66. The Balaban J connectivity index is 2.00. The van der Waals surface area contributed by atoms with E-state index in [0.29, 0.717) is 11.4 Å². The lowest BCUT2D eigenvalue weighted by atomic mass is 10.1. The van der Waals surface area contributed by atoms with Crippen LogP contribution in [0.15, 0.2) is 42.5 Å². The number of hydrogen-bond acceptors (Lipinski definition) is 2. The highest BCUT2D eigenvalue weighted by Crippen LogP contribution is 2.20. The molecule has 0 aliphatic carbocycles. The molecule has 4 heteroatoms. The van der Waals surface area contributed by atoms with Crippen LogP contribution in [-0.2, 0) is 4.79 Å². The molecule has 0 radical (unpaired) electrons. The molecular formula is C17H18FNO2. The summed E-state index contributed by atoms with van der Waals surface area (Å²) in [7, 11) is 0. The van der Waals surface area contributed by atoms with Crippen molar-refractivity contribution >= 4 is 11.6 Å². The van der Waals surface area contributed by atoms with E-state index in [-0.39, 0.29) is 11.7 Å². The fraction of sp³-hybridized carbons (Fsp3) is 0.235. The van der Waals surface area contributed by atoms with Crippen LogP contribution in [0.4, 0.5) is 10.1 Å². The van der Waals surface area contributed by atoms with E-state index in [2.05, 4.69) is 5.32 Å². The van der Waals surface area contributed by atoms with E-state index in [4.69, 9.17) is 4.74 Å². The van der Waals surface area contributed by atoms with E-state index in [0.717, 1.165) is 11.1 Å². The van der Waals surface area contributed by atoms with Crippen LogP contribution in [0, 0.1) is 19.7 Å². The largest absolute Gasteiger partial charge is 0.481 e. The van der Waals surface area contributed by atoms with Gasteiger partial charge in [0.1, 0.15) is 11.6 Å². The van der Waals surface area contributed by atoms with Crippen molar-refractivity contribution < 1.29 is 13.9 Å². The molecule has 2 aromatic carbocycles. The standard InChI is InChI=1S/C17H18FNO2/c1-11-4-9-16(12(2)10-11)21-13(3)17(20)19-15-7-5-14(18)6-8-15/h4-10,13H,1-3H3,(H,19,20). The summed E-state index contributed by atoms with van der Waals surface area (Å²) < 4.78 is 18.5. The van der Waals surface area contributed by atoms with Crippen molar-refractivity contribution in [3.8, 4) is 5.75 Å². The summed E-state index contributed by atoms with van der Waals surface area (Å²) in [6.07, 6.45) is -0.642. The minimum absolute atomic E-state index is 0.276. The predicted molar refractivity (Wildman–Crippen MR) is 81.0 cm³/mol. The van der Waals surface area contributed by atoms with Gasteiger partial charge in [0.05, 0.1) is 0 Å². The molecule has 2 rings (SSSR count). The molecule has 110 valence electrons. The molecule has 2 aromatic rings. The lowest BCUT2D eigenvalue weighted by Gasteiger charge is -2.16. The molecule has 1 atom stereocenters. The number of halogens is 1. The van der Waals surface area contributed by atoms with Crippen molar-refractivity contribution in [3.05, 3.63) is 59.4 Å². The molecule has 0 aliphatic rings. The number of hydrogen-bond donors (Lipinski definition) is 1. The third-order valence-corrected chi connectivity index (χ3v) is 3.12. The van der Waals surface area contributed by atoms with Crippen LogP contribution >= 0.6 is 0 Å². The molecule has 0 aliphatic heterocycles. The third-order valence-electron chi connectivity index (χ3n) is 3.12. The van der Waals surface area contributed by atoms with Gasteiger partial charge in [-0.25, -0.2) is 4.39 Å². The second-order valence-corrected chi connectivity index (χ2v) is 5.03. The molecule has 0 spiro atoms. The van der Waals surface area contributed by atoms with Gasteiger partial charge in [-0.15, -0.1) is 0 Å². The first-order valence-corrected chi connectivity index (χ1v) is 6.76. The second-order valence-electron chi connectivity index (χ2n) is 5.03. The average molecular weight is 287 g/mol. The van der Waals surface area contributed by atoms with Gasteiger partial charge in [0.2, 0.25) is 0 Å². The van der Waals surface area contributed by atoms with E-state index in [1.165, 1.54) is 24.3 Å². The Morgan fingerprint density at radius 2 is 1.81 bits per heavy atom. The number of amides is 1. The fourth-order valence-corrected chi connectivity index (χ4v) is 1.95. The molecular weight excluding hydrogens is 269 g/mol. The fourth-order valence-electron chi connectivity index (χ4n) is 1.95. The lowest BCUT2D eigenvalue weighted by molar-refractivity contribution is -0.122. The summed E-state index contributed by atoms with van der Waals surface area (Å²) in [5, 5.41) is 2.69. The maximum atomic E-state index is 12.8. The first-order valence-electron chi connectivity index (χ1n) is 6.76. The second kappa shape index (κ2) is 6.39. The SMILES string of the molecule is Cc1ccc(OC(C)C(=O)Nc2ccc(F)cc2)c(C)c1. The zero-order valence-corrected chi connectivity index (χ0v) is 12.3. The quantitative estimate of drug-likeness (QED) is 0.927. The monoisotopic (exact) mass is 287 g/mol. The molecule has 0 fully saturated rings. The number of carbonyl (C=O) groups excluding carboxylic acids is 1. The van der Waals surface area contributed by atoms with Crippen LogP contribution in [0.2, 0.25) is 0 Å². The number of benzene rings is 2. The highest BCUT2D eigenvalue weighted by Gasteiger charge is 2.15. The number of anilines is 1. The topological polar surface area (TPSA) is 38.3 Å². The Hall–Kier alpha value is -2.36. The van der Waals surface area contributed by atoms with Gasteiger partial charge in [-0.3, -0.25) is 4.79 Å². The Bertz CT molecular complexity index is 638. The van der Waals surface area contributed by atoms with Gasteiger partial charge < -0.3 is 10.1 Å². The highest BCUT2D eigenvalue weighted by atomic mass is 19.1. The predicted octanol–water partition coefficient (Wildman–Crippen LogP) is 3.85. The van der Waals surface area contributed by atoms with Gasteiger partial charge in [-0.1, -0.05) is 17.7 Å². The summed E-state index contributed by atoms with van der Waals surface area (Å²) in [6.45, 7) is 5.62. The van der Waals surface area contributed by atoms with Gasteiger partial charge in [0, 0.05) is 5.69 Å². The average Bonchev–Trinajstić information content (AvgIpc) is 2.44. The molecule has 1 amide bonds. The van der Waals surface area contributed by atoms with Crippen molar-refractivity contribution in [2.24, 2.45) is 0 Å². The maximum absolute atomic E-state index is 12.8. The van der Waals surface area contributed by atoms with Gasteiger partial charge in [-0.05, 0) is 56.7 Å². The van der Waals surface area contributed by atoms with Crippen LogP contribution in [0.3, 0.4) is 0 Å². The van der Waals surface area contributed by atoms with Crippen LogP contribution in [0.25, 0.3) is 0 Å².